The van der Waals surface area contributed by atoms with Crippen molar-refractivity contribution in [1.82, 2.24) is 9.62 Å². The number of carbonyl (C=O) groups excluding carboxylic acids is 1. The number of ether oxygens (including phenoxy) is 2. The van der Waals surface area contributed by atoms with Crippen LogP contribution in [0.2, 0.25) is 0 Å². The van der Waals surface area contributed by atoms with Gasteiger partial charge in [0.25, 0.3) is 0 Å². The Hall–Kier alpha value is -3.36. The summed E-state index contributed by atoms with van der Waals surface area (Å²) in [5.74, 6) is 0.494. The van der Waals surface area contributed by atoms with Crippen LogP contribution in [0, 0.1) is 0 Å². The summed E-state index contributed by atoms with van der Waals surface area (Å²) in [7, 11) is -2.52. The Morgan fingerprint density at radius 1 is 0.909 bits per heavy atom. The Morgan fingerprint density at radius 3 is 2.09 bits per heavy atom. The van der Waals surface area contributed by atoms with Crippen molar-refractivity contribution in [2.24, 2.45) is 0 Å². The molecule has 1 aliphatic heterocycles. The van der Waals surface area contributed by atoms with Crippen LogP contribution in [0.15, 0.2) is 83.8 Å². The van der Waals surface area contributed by atoms with Crippen LogP contribution in [0.5, 0.6) is 11.5 Å². The molecule has 0 saturated carbocycles. The van der Waals surface area contributed by atoms with E-state index >= 15 is 0 Å². The molecule has 0 radical (unpaired) electrons. The second-order valence-electron chi connectivity index (χ2n) is 7.74. The highest BCUT2D eigenvalue weighted by atomic mass is 32.2. The van der Waals surface area contributed by atoms with Crippen molar-refractivity contribution in [3.63, 3.8) is 0 Å². The predicted octanol–water partition coefficient (Wildman–Crippen LogP) is 3.37. The van der Waals surface area contributed by atoms with Gasteiger partial charge < -0.3 is 14.8 Å². The average molecular weight is 467 g/mol. The van der Waals surface area contributed by atoms with Gasteiger partial charge in [-0.05, 0) is 23.3 Å². The maximum atomic E-state index is 13.1. The van der Waals surface area contributed by atoms with E-state index in [0.717, 1.165) is 21.9 Å². The zero-order chi connectivity index (χ0) is 23.3. The van der Waals surface area contributed by atoms with Crippen molar-refractivity contribution in [2.45, 2.75) is 17.4 Å². The van der Waals surface area contributed by atoms with Crippen LogP contribution in [0.4, 0.5) is 0 Å². The number of sulfonamides is 1. The van der Waals surface area contributed by atoms with Crippen LogP contribution in [-0.4, -0.2) is 45.4 Å². The third-order valence-electron chi connectivity index (χ3n) is 5.36. The lowest BCUT2D eigenvalue weighted by Crippen LogP contribution is -2.40. The smallest absolute Gasteiger partial charge is 0.243 e. The van der Waals surface area contributed by atoms with Gasteiger partial charge in [-0.2, -0.15) is 4.31 Å². The van der Waals surface area contributed by atoms with Gasteiger partial charge in [0.05, 0.1) is 30.7 Å². The molecule has 0 unspecified atom stereocenters. The molecule has 1 aliphatic rings. The molecule has 3 aromatic carbocycles. The number of nitrogens with one attached hydrogen (secondary N) is 1. The molecule has 33 heavy (non-hydrogen) atoms. The molecular weight excluding hydrogens is 440 g/mol. The quantitative estimate of drug-likeness (QED) is 0.577. The minimum Gasteiger partial charge on any atom is -0.490 e. The highest BCUT2D eigenvalue weighted by molar-refractivity contribution is 7.89. The van der Waals surface area contributed by atoms with Crippen LogP contribution in [0.3, 0.4) is 0 Å². The molecule has 0 atom stereocenters. The van der Waals surface area contributed by atoms with Gasteiger partial charge in [0, 0.05) is 19.5 Å². The zero-order valence-electron chi connectivity index (χ0n) is 18.3. The first-order valence-corrected chi connectivity index (χ1v) is 12.1. The van der Waals surface area contributed by atoms with Gasteiger partial charge in [0.2, 0.25) is 15.9 Å². The highest BCUT2D eigenvalue weighted by Crippen LogP contribution is 2.32. The summed E-state index contributed by atoms with van der Waals surface area (Å²) in [6, 6.07) is 23.2. The number of carbonyl (C=O) groups is 1. The van der Waals surface area contributed by atoms with Gasteiger partial charge in [-0.3, -0.25) is 4.79 Å². The summed E-state index contributed by atoms with van der Waals surface area (Å²) >= 11 is 0. The number of hydrogen-bond donors (Lipinski definition) is 1. The maximum Gasteiger partial charge on any atom is 0.243 e. The lowest BCUT2D eigenvalue weighted by molar-refractivity contribution is -0.121. The molecular formula is C25H26N2O5S. The zero-order valence-corrected chi connectivity index (χ0v) is 19.1. The number of amides is 1. The number of hydrogen-bond acceptors (Lipinski definition) is 5. The van der Waals surface area contributed by atoms with E-state index in [9.17, 15) is 13.2 Å². The third kappa shape index (κ3) is 5.35. The first-order chi connectivity index (χ1) is 15.9. The summed E-state index contributed by atoms with van der Waals surface area (Å²) in [6.07, 6.45) is 0.723. The minimum absolute atomic E-state index is 0.0460. The summed E-state index contributed by atoms with van der Waals surface area (Å²) < 4.78 is 38.4. The normalized spacial score (nSPS) is 13.5. The first kappa shape index (κ1) is 22.8. The molecule has 4 rings (SSSR count). The number of rotatable bonds is 7. The fraction of sp³-hybridized carbons (Fsp3) is 0.240. The summed E-state index contributed by atoms with van der Waals surface area (Å²) in [4.78, 5) is 13.0. The van der Waals surface area contributed by atoms with Crippen molar-refractivity contribution in [3.05, 3.63) is 90.0 Å². The standard InChI is InChI=1S/C25H26N2O5S/c1-27(33(29,30)21-13-14-22-23(17-21)32-16-8-15-31-22)18-24(28)26-25(19-9-4-2-5-10-19)20-11-6-3-7-12-20/h2-7,9-14,17,25H,8,15-16,18H2,1H3,(H,26,28). The minimum atomic E-state index is -3.91. The van der Waals surface area contributed by atoms with E-state index in [4.69, 9.17) is 9.47 Å². The Bertz CT molecular complexity index is 1160. The lowest BCUT2D eigenvalue weighted by atomic mass is 9.99. The number of likely N-dealkylation sites (N-methyl/N-ethyl adjacent to an activating group) is 1. The molecule has 7 nitrogen and oxygen atoms in total. The molecule has 1 amide bonds. The molecule has 8 heteroatoms. The lowest BCUT2D eigenvalue weighted by Gasteiger charge is -2.22. The Kier molecular flexibility index (Phi) is 6.96. The average Bonchev–Trinajstić information content (AvgIpc) is 3.08. The van der Waals surface area contributed by atoms with Crippen molar-refractivity contribution >= 4 is 15.9 Å². The molecule has 0 bridgehead atoms. The molecule has 172 valence electrons. The van der Waals surface area contributed by atoms with Gasteiger partial charge in [0.1, 0.15) is 0 Å². The Labute approximate surface area is 194 Å². The van der Waals surface area contributed by atoms with Gasteiger partial charge in [-0.15, -0.1) is 0 Å². The molecule has 0 fully saturated rings. The summed E-state index contributed by atoms with van der Waals surface area (Å²) in [6.45, 7) is 0.644. The first-order valence-electron chi connectivity index (χ1n) is 10.7. The second-order valence-corrected chi connectivity index (χ2v) is 9.79. The topological polar surface area (TPSA) is 84.9 Å². The molecule has 0 saturated heterocycles. The van der Waals surface area contributed by atoms with E-state index < -0.39 is 22.0 Å². The Balaban J connectivity index is 1.51. The van der Waals surface area contributed by atoms with Crippen LogP contribution < -0.4 is 14.8 Å². The Morgan fingerprint density at radius 2 is 1.48 bits per heavy atom. The summed E-state index contributed by atoms with van der Waals surface area (Å²) in [5.41, 5.74) is 1.82. The number of benzene rings is 3. The number of nitrogens with zero attached hydrogens (tertiary/aromatic N) is 1. The van der Waals surface area contributed by atoms with Crippen LogP contribution in [-0.2, 0) is 14.8 Å². The SMILES string of the molecule is CN(CC(=O)NC(c1ccccc1)c1ccccc1)S(=O)(=O)c1ccc2c(c1)OCCCO2. The molecule has 1 N–H and O–H groups in total. The fourth-order valence-corrected chi connectivity index (χ4v) is 4.77. The molecule has 0 spiro atoms. The molecule has 0 aromatic heterocycles. The summed E-state index contributed by atoms with van der Waals surface area (Å²) in [5, 5.41) is 2.97. The van der Waals surface area contributed by atoms with Gasteiger partial charge in [-0.25, -0.2) is 8.42 Å². The number of fused-ring (bicyclic) bond motifs is 1. The molecule has 3 aromatic rings. The van der Waals surface area contributed by atoms with Gasteiger partial charge in [-0.1, -0.05) is 60.7 Å². The van der Waals surface area contributed by atoms with E-state index in [1.807, 2.05) is 60.7 Å². The van der Waals surface area contributed by atoms with Crippen molar-refractivity contribution in [2.75, 3.05) is 26.8 Å². The van der Waals surface area contributed by atoms with E-state index in [2.05, 4.69) is 5.32 Å². The third-order valence-corrected chi connectivity index (χ3v) is 7.16. The van der Waals surface area contributed by atoms with E-state index in [1.165, 1.54) is 19.2 Å². The maximum absolute atomic E-state index is 13.1. The fourth-order valence-electron chi connectivity index (χ4n) is 3.63. The van der Waals surface area contributed by atoms with E-state index in [-0.39, 0.29) is 11.4 Å². The van der Waals surface area contributed by atoms with Gasteiger partial charge >= 0.3 is 0 Å². The monoisotopic (exact) mass is 466 g/mol. The van der Waals surface area contributed by atoms with Crippen molar-refractivity contribution in [3.8, 4) is 11.5 Å². The van der Waals surface area contributed by atoms with Gasteiger partial charge in [0.15, 0.2) is 11.5 Å². The largest absolute Gasteiger partial charge is 0.490 e. The highest BCUT2D eigenvalue weighted by Gasteiger charge is 2.26. The second kappa shape index (κ2) is 10.1. The predicted molar refractivity (Wildman–Crippen MR) is 125 cm³/mol. The van der Waals surface area contributed by atoms with Crippen LogP contribution in [0.1, 0.15) is 23.6 Å². The molecule has 0 aliphatic carbocycles. The van der Waals surface area contributed by atoms with Crippen molar-refractivity contribution in [1.29, 1.82) is 0 Å². The van der Waals surface area contributed by atoms with E-state index in [1.54, 1.807) is 6.07 Å². The van der Waals surface area contributed by atoms with Crippen LogP contribution in [0.25, 0.3) is 0 Å². The van der Waals surface area contributed by atoms with E-state index in [0.29, 0.717) is 24.7 Å². The van der Waals surface area contributed by atoms with Crippen molar-refractivity contribution < 1.29 is 22.7 Å². The van der Waals surface area contributed by atoms with Crippen LogP contribution >= 0.6 is 0 Å². The molecule has 1 heterocycles.